The molecule has 0 fully saturated rings. The Morgan fingerprint density at radius 3 is 1.93 bits per heavy atom. The minimum atomic E-state index is -0.940. The van der Waals surface area contributed by atoms with Crippen molar-refractivity contribution in [3.63, 3.8) is 0 Å². The van der Waals surface area contributed by atoms with E-state index in [0.29, 0.717) is 0 Å². The maximum absolute atomic E-state index is 13.1. The Hall–Kier alpha value is -3.62. The van der Waals surface area contributed by atoms with Gasteiger partial charge >= 0.3 is 6.16 Å². The highest BCUT2D eigenvalue weighted by molar-refractivity contribution is 6.12. The SMILES string of the molecule is CCOC(=O)Oc1c(OC)cc(C(=O)c2ccc(OC)c(O)c2OC)cc1OC. The molecule has 2 aromatic rings. The smallest absolute Gasteiger partial charge is 0.502 e. The van der Waals surface area contributed by atoms with Gasteiger partial charge in [0.15, 0.2) is 28.8 Å². The summed E-state index contributed by atoms with van der Waals surface area (Å²) in [5.41, 5.74) is 0.242. The Morgan fingerprint density at radius 2 is 1.45 bits per heavy atom. The summed E-state index contributed by atoms with van der Waals surface area (Å²) in [4.78, 5) is 24.8. The molecule has 1 N–H and O–H groups in total. The van der Waals surface area contributed by atoms with E-state index in [2.05, 4.69) is 0 Å². The normalized spacial score (nSPS) is 10.1. The fourth-order valence-corrected chi connectivity index (χ4v) is 2.60. The third-order valence-corrected chi connectivity index (χ3v) is 3.93. The maximum atomic E-state index is 13.1. The first-order chi connectivity index (χ1) is 13.9. The number of ketones is 1. The van der Waals surface area contributed by atoms with E-state index >= 15 is 0 Å². The number of phenolic OH excluding ortho intramolecular Hbond substituents is 1. The Labute approximate surface area is 167 Å². The summed E-state index contributed by atoms with van der Waals surface area (Å²) < 4.78 is 30.6. The van der Waals surface area contributed by atoms with Crippen molar-refractivity contribution < 1.29 is 43.1 Å². The van der Waals surface area contributed by atoms with Gasteiger partial charge < -0.3 is 33.5 Å². The van der Waals surface area contributed by atoms with Crippen molar-refractivity contribution in [2.24, 2.45) is 0 Å². The van der Waals surface area contributed by atoms with Gasteiger partial charge in [-0.2, -0.15) is 0 Å². The van der Waals surface area contributed by atoms with Gasteiger partial charge in [0.1, 0.15) is 0 Å². The fourth-order valence-electron chi connectivity index (χ4n) is 2.60. The predicted molar refractivity (Wildman–Crippen MR) is 102 cm³/mol. The van der Waals surface area contributed by atoms with Crippen LogP contribution in [0.3, 0.4) is 0 Å². The molecule has 0 radical (unpaired) electrons. The molecule has 0 aliphatic rings. The molecule has 29 heavy (non-hydrogen) atoms. The van der Waals surface area contributed by atoms with Crippen LogP contribution in [0.25, 0.3) is 0 Å². The number of rotatable bonds is 8. The number of carbonyl (C=O) groups is 2. The van der Waals surface area contributed by atoms with Crippen LogP contribution in [0, 0.1) is 0 Å². The first-order valence-electron chi connectivity index (χ1n) is 8.50. The van der Waals surface area contributed by atoms with E-state index in [1.54, 1.807) is 6.92 Å². The molecule has 156 valence electrons. The molecule has 0 heterocycles. The van der Waals surface area contributed by atoms with E-state index in [0.717, 1.165) is 0 Å². The van der Waals surface area contributed by atoms with Crippen molar-refractivity contribution in [1.82, 2.24) is 0 Å². The summed E-state index contributed by atoms with van der Waals surface area (Å²) >= 11 is 0. The molecular formula is C20H22O9. The van der Waals surface area contributed by atoms with Crippen LogP contribution in [0.2, 0.25) is 0 Å². The summed E-state index contributed by atoms with van der Waals surface area (Å²) in [6, 6.07) is 5.65. The van der Waals surface area contributed by atoms with Gasteiger partial charge in [-0.05, 0) is 31.2 Å². The Balaban J connectivity index is 2.54. The number of hydrogen-bond acceptors (Lipinski definition) is 9. The molecule has 0 aliphatic heterocycles. The van der Waals surface area contributed by atoms with Crippen molar-refractivity contribution in [2.45, 2.75) is 6.92 Å². The maximum Gasteiger partial charge on any atom is 0.514 e. The quantitative estimate of drug-likeness (QED) is 0.401. The van der Waals surface area contributed by atoms with E-state index in [9.17, 15) is 14.7 Å². The fraction of sp³-hybridized carbons (Fsp3) is 0.300. The van der Waals surface area contributed by atoms with Crippen LogP contribution >= 0.6 is 0 Å². The number of hydrogen-bond donors (Lipinski definition) is 1. The lowest BCUT2D eigenvalue weighted by atomic mass is 10.0. The average molecular weight is 406 g/mol. The molecule has 0 atom stereocenters. The zero-order valence-electron chi connectivity index (χ0n) is 16.7. The lowest BCUT2D eigenvalue weighted by Gasteiger charge is -2.16. The van der Waals surface area contributed by atoms with Crippen molar-refractivity contribution in [3.8, 4) is 34.5 Å². The molecule has 0 bridgehead atoms. The van der Waals surface area contributed by atoms with E-state index in [1.165, 1.54) is 52.7 Å². The van der Waals surface area contributed by atoms with Crippen molar-refractivity contribution in [3.05, 3.63) is 35.4 Å². The highest BCUT2D eigenvalue weighted by atomic mass is 16.7. The van der Waals surface area contributed by atoms with Crippen LogP contribution in [0.4, 0.5) is 4.79 Å². The molecule has 0 aliphatic carbocycles. The minimum absolute atomic E-state index is 0.0328. The zero-order chi connectivity index (χ0) is 21.6. The van der Waals surface area contributed by atoms with Gasteiger partial charge in [0.25, 0.3) is 0 Å². The second-order valence-electron chi connectivity index (χ2n) is 5.52. The first kappa shape index (κ1) is 21.7. The molecule has 0 unspecified atom stereocenters. The van der Waals surface area contributed by atoms with Gasteiger partial charge in [-0.15, -0.1) is 0 Å². The average Bonchev–Trinajstić information content (AvgIpc) is 2.73. The molecular weight excluding hydrogens is 384 g/mol. The molecule has 0 saturated heterocycles. The highest BCUT2D eigenvalue weighted by Crippen LogP contribution is 2.42. The topological polar surface area (TPSA) is 110 Å². The van der Waals surface area contributed by atoms with E-state index in [4.69, 9.17) is 28.4 Å². The standard InChI is InChI=1S/C20H22O9/c1-6-28-20(23)29-19-14(25-3)9-11(10-15(19)26-4)16(21)12-7-8-13(24-2)17(22)18(12)27-5/h7-10,22H,6H2,1-5H3. The van der Waals surface area contributed by atoms with E-state index in [-0.39, 0.29) is 52.2 Å². The number of ether oxygens (including phenoxy) is 6. The van der Waals surface area contributed by atoms with Crippen molar-refractivity contribution in [1.29, 1.82) is 0 Å². The van der Waals surface area contributed by atoms with Gasteiger partial charge in [-0.3, -0.25) is 4.79 Å². The summed E-state index contributed by atoms with van der Waals surface area (Å²) in [5, 5.41) is 10.2. The molecule has 0 saturated carbocycles. The summed E-state index contributed by atoms with van der Waals surface area (Å²) in [7, 11) is 5.40. The molecule has 9 nitrogen and oxygen atoms in total. The van der Waals surface area contributed by atoms with Gasteiger partial charge in [0.2, 0.25) is 11.5 Å². The first-order valence-corrected chi connectivity index (χ1v) is 8.50. The highest BCUT2D eigenvalue weighted by Gasteiger charge is 2.25. The van der Waals surface area contributed by atoms with E-state index in [1.807, 2.05) is 0 Å². The van der Waals surface area contributed by atoms with E-state index < -0.39 is 11.9 Å². The third-order valence-electron chi connectivity index (χ3n) is 3.93. The Morgan fingerprint density at radius 1 is 0.862 bits per heavy atom. The lowest BCUT2D eigenvalue weighted by Crippen LogP contribution is -2.12. The summed E-state index contributed by atoms with van der Waals surface area (Å²) in [5.74, 6) is -0.545. The monoisotopic (exact) mass is 406 g/mol. The van der Waals surface area contributed by atoms with Crippen molar-refractivity contribution >= 4 is 11.9 Å². The van der Waals surface area contributed by atoms with Crippen LogP contribution in [0.1, 0.15) is 22.8 Å². The number of aromatic hydroxyl groups is 1. The second kappa shape index (κ2) is 9.54. The Bertz CT molecular complexity index is 880. The second-order valence-corrected chi connectivity index (χ2v) is 5.52. The summed E-state index contributed by atoms with van der Waals surface area (Å²) in [6.07, 6.45) is -0.940. The van der Waals surface area contributed by atoms with Crippen LogP contribution in [0.5, 0.6) is 34.5 Å². The number of phenols is 1. The molecule has 0 amide bonds. The van der Waals surface area contributed by atoms with Crippen LogP contribution in [-0.2, 0) is 4.74 Å². The van der Waals surface area contributed by atoms with Crippen LogP contribution < -0.4 is 23.7 Å². The number of carbonyl (C=O) groups excluding carboxylic acids is 2. The van der Waals surface area contributed by atoms with Crippen molar-refractivity contribution in [2.75, 3.05) is 35.0 Å². The van der Waals surface area contributed by atoms with Crippen LogP contribution in [0.15, 0.2) is 24.3 Å². The third kappa shape index (κ3) is 4.45. The van der Waals surface area contributed by atoms with Crippen LogP contribution in [-0.4, -0.2) is 52.1 Å². The largest absolute Gasteiger partial charge is 0.514 e. The number of methoxy groups -OCH3 is 4. The molecule has 9 heteroatoms. The minimum Gasteiger partial charge on any atom is -0.502 e. The van der Waals surface area contributed by atoms with Gasteiger partial charge in [-0.25, -0.2) is 4.79 Å². The number of benzene rings is 2. The molecule has 2 rings (SSSR count). The Kier molecular flexibility index (Phi) is 7.13. The molecule has 0 aromatic heterocycles. The zero-order valence-corrected chi connectivity index (χ0v) is 16.7. The van der Waals surface area contributed by atoms with Gasteiger partial charge in [0, 0.05) is 5.56 Å². The molecule has 0 spiro atoms. The lowest BCUT2D eigenvalue weighted by molar-refractivity contribution is 0.102. The van der Waals surface area contributed by atoms with Gasteiger partial charge in [0.05, 0.1) is 40.6 Å². The molecule has 2 aromatic carbocycles. The summed E-state index contributed by atoms with van der Waals surface area (Å²) in [6.45, 7) is 1.76. The van der Waals surface area contributed by atoms with Gasteiger partial charge in [-0.1, -0.05) is 0 Å². The predicted octanol–water partition coefficient (Wildman–Crippen LogP) is 3.19.